The quantitative estimate of drug-likeness (QED) is 0.405. The molecule has 3 N–H and O–H groups in total. The first-order valence-electron chi connectivity index (χ1n) is 13.9. The van der Waals surface area contributed by atoms with Crippen LogP contribution in [-0.2, 0) is 4.79 Å². The first-order chi connectivity index (χ1) is 15.6. The molecule has 0 amide bonds. The van der Waals surface area contributed by atoms with E-state index in [-0.39, 0.29) is 45.0 Å². The van der Waals surface area contributed by atoms with E-state index in [1.165, 1.54) is 12.0 Å². The van der Waals surface area contributed by atoms with E-state index < -0.39 is 18.0 Å². The van der Waals surface area contributed by atoms with Crippen molar-refractivity contribution >= 4 is 5.97 Å². The van der Waals surface area contributed by atoms with Crippen molar-refractivity contribution < 1.29 is 20.1 Å². The van der Waals surface area contributed by atoms with Gasteiger partial charge in [0.25, 0.3) is 0 Å². The molecule has 4 saturated carbocycles. The van der Waals surface area contributed by atoms with Crippen molar-refractivity contribution in [3.05, 3.63) is 11.6 Å². The molecule has 0 saturated heterocycles. The van der Waals surface area contributed by atoms with Gasteiger partial charge in [-0.3, -0.25) is 4.79 Å². The number of fused-ring (bicyclic) bond motifs is 7. The van der Waals surface area contributed by atoms with Crippen molar-refractivity contribution in [3.63, 3.8) is 0 Å². The van der Waals surface area contributed by atoms with Crippen LogP contribution in [0, 0.1) is 56.7 Å². The Morgan fingerprint density at radius 2 is 1.56 bits per heavy atom. The maximum absolute atomic E-state index is 12.2. The van der Waals surface area contributed by atoms with Gasteiger partial charge in [-0.15, -0.1) is 0 Å². The van der Waals surface area contributed by atoms with Crippen LogP contribution < -0.4 is 0 Å². The summed E-state index contributed by atoms with van der Waals surface area (Å²) < 4.78 is 0. The van der Waals surface area contributed by atoms with E-state index in [1.807, 2.05) is 0 Å². The topological polar surface area (TPSA) is 77.8 Å². The fourth-order valence-corrected chi connectivity index (χ4v) is 11.0. The van der Waals surface area contributed by atoms with E-state index in [1.54, 1.807) is 0 Å². The lowest BCUT2D eigenvalue weighted by atomic mass is 9.33. The number of carboxylic acid groups (broad SMARTS) is 1. The van der Waals surface area contributed by atoms with Crippen LogP contribution >= 0.6 is 0 Å². The van der Waals surface area contributed by atoms with Crippen molar-refractivity contribution in [2.75, 3.05) is 0 Å². The summed E-state index contributed by atoms with van der Waals surface area (Å²) in [7, 11) is 0. The van der Waals surface area contributed by atoms with Gasteiger partial charge < -0.3 is 15.3 Å². The summed E-state index contributed by atoms with van der Waals surface area (Å²) in [5.74, 6) is 0.0357. The van der Waals surface area contributed by atoms with E-state index in [2.05, 4.69) is 54.5 Å². The van der Waals surface area contributed by atoms with E-state index >= 15 is 0 Å². The number of allylic oxidation sites excluding steroid dienone is 2. The molecule has 5 rings (SSSR count). The molecule has 0 aromatic carbocycles. The molecule has 0 spiro atoms. The zero-order valence-electron chi connectivity index (χ0n) is 22.5. The number of aliphatic carboxylic acids is 1. The third kappa shape index (κ3) is 2.82. The maximum Gasteiger partial charge on any atom is 0.306 e. The second-order valence-corrected chi connectivity index (χ2v) is 14.7. The van der Waals surface area contributed by atoms with Crippen LogP contribution in [0.3, 0.4) is 0 Å². The molecule has 1 unspecified atom stereocenters. The van der Waals surface area contributed by atoms with Gasteiger partial charge in [0.2, 0.25) is 0 Å². The van der Waals surface area contributed by atoms with Crippen LogP contribution in [0.25, 0.3) is 0 Å². The van der Waals surface area contributed by atoms with Crippen LogP contribution in [0.5, 0.6) is 0 Å². The van der Waals surface area contributed by atoms with Crippen LogP contribution in [0.4, 0.5) is 0 Å². The second kappa shape index (κ2) is 7.34. The third-order valence-corrected chi connectivity index (χ3v) is 13.4. The number of rotatable bonds is 1. The standard InChI is InChI=1S/C30H48O4/c1-17-18(25(33)34)16-23(32)28(5)14-15-29(6)19(24(17)28)8-9-21-27(4)12-11-22(31)26(2,3)20(27)10-13-30(21,29)7/h8,17-18,20-24,31-32H,9-16H2,1-7H3,(H,33,34)/t17-,18+,20?,21+,22-,23-,24+,27-,28-,29+,30+/m0/s1. The number of carboxylic acids is 1. The van der Waals surface area contributed by atoms with E-state index in [0.717, 1.165) is 38.5 Å². The molecule has 34 heavy (non-hydrogen) atoms. The minimum atomic E-state index is -0.752. The van der Waals surface area contributed by atoms with Gasteiger partial charge in [0, 0.05) is 5.41 Å². The Morgan fingerprint density at radius 1 is 0.882 bits per heavy atom. The number of hydrogen-bond acceptors (Lipinski definition) is 3. The molecule has 192 valence electrons. The summed E-state index contributed by atoms with van der Waals surface area (Å²) in [4.78, 5) is 12.2. The highest BCUT2D eigenvalue weighted by molar-refractivity contribution is 5.71. The third-order valence-electron chi connectivity index (χ3n) is 13.4. The molecular formula is C30H48O4. The highest BCUT2D eigenvalue weighted by Crippen LogP contribution is 2.75. The molecule has 4 heteroatoms. The molecule has 0 bridgehead atoms. The van der Waals surface area contributed by atoms with Crippen molar-refractivity contribution in [3.8, 4) is 0 Å². The molecule has 11 atom stereocenters. The van der Waals surface area contributed by atoms with Crippen LogP contribution in [0.2, 0.25) is 0 Å². The number of aliphatic hydroxyl groups excluding tert-OH is 2. The summed E-state index contributed by atoms with van der Waals surface area (Å²) in [6, 6.07) is 0. The van der Waals surface area contributed by atoms with Gasteiger partial charge in [0.15, 0.2) is 0 Å². The van der Waals surface area contributed by atoms with Crippen LogP contribution in [0.1, 0.15) is 99.8 Å². The molecule has 5 aliphatic rings. The van der Waals surface area contributed by atoms with Crippen molar-refractivity contribution in [1.29, 1.82) is 0 Å². The molecule has 0 radical (unpaired) electrons. The van der Waals surface area contributed by atoms with Gasteiger partial charge in [-0.25, -0.2) is 0 Å². The Morgan fingerprint density at radius 3 is 2.21 bits per heavy atom. The largest absolute Gasteiger partial charge is 0.481 e. The molecule has 0 aliphatic heterocycles. The van der Waals surface area contributed by atoms with Crippen molar-refractivity contribution in [2.24, 2.45) is 56.7 Å². The zero-order valence-corrected chi connectivity index (χ0v) is 22.5. The first kappa shape index (κ1) is 24.8. The Labute approximate surface area is 206 Å². The summed E-state index contributed by atoms with van der Waals surface area (Å²) in [6.45, 7) is 16.5. The van der Waals surface area contributed by atoms with Gasteiger partial charge >= 0.3 is 5.97 Å². The lowest BCUT2D eigenvalue weighted by molar-refractivity contribution is -0.209. The molecule has 0 heterocycles. The molecule has 4 fully saturated rings. The molecule has 5 aliphatic carbocycles. The zero-order chi connectivity index (χ0) is 25.1. The number of hydrogen-bond donors (Lipinski definition) is 3. The highest BCUT2D eigenvalue weighted by atomic mass is 16.4. The van der Waals surface area contributed by atoms with Crippen molar-refractivity contribution in [1.82, 2.24) is 0 Å². The van der Waals surface area contributed by atoms with Gasteiger partial charge in [-0.2, -0.15) is 0 Å². The number of carbonyl (C=O) groups is 1. The molecule has 0 aromatic rings. The SMILES string of the molecule is C[C@H]1[C@H](C(=O)O)C[C@H](O)[C@]2(C)CC[C@]3(C)C(=CC[C@@H]4[C@@]5(C)CC[C@H](O)C(C)(C)C5CC[C@]43C)[C@@H]12. The fourth-order valence-electron chi connectivity index (χ4n) is 11.0. The lowest BCUT2D eigenvalue weighted by Gasteiger charge is -2.71. The summed E-state index contributed by atoms with van der Waals surface area (Å²) in [5, 5.41) is 32.1. The predicted octanol–water partition coefficient (Wildman–Crippen LogP) is 6.06. The van der Waals surface area contributed by atoms with E-state index in [4.69, 9.17) is 0 Å². The Bertz CT molecular complexity index is 907. The van der Waals surface area contributed by atoms with Gasteiger partial charge in [-0.05, 0) is 96.7 Å². The molecule has 0 aromatic heterocycles. The van der Waals surface area contributed by atoms with Crippen LogP contribution in [0.15, 0.2) is 11.6 Å². The van der Waals surface area contributed by atoms with E-state index in [9.17, 15) is 20.1 Å². The van der Waals surface area contributed by atoms with Crippen molar-refractivity contribution in [2.45, 2.75) is 112 Å². The minimum absolute atomic E-state index is 0.0304. The average Bonchev–Trinajstić information content (AvgIpc) is 2.74. The second-order valence-electron chi connectivity index (χ2n) is 14.7. The smallest absolute Gasteiger partial charge is 0.306 e. The van der Waals surface area contributed by atoms with Crippen LogP contribution in [-0.4, -0.2) is 33.5 Å². The Hall–Kier alpha value is -0.870. The molecule has 4 nitrogen and oxygen atoms in total. The van der Waals surface area contributed by atoms with Gasteiger partial charge in [0.1, 0.15) is 0 Å². The monoisotopic (exact) mass is 472 g/mol. The highest BCUT2D eigenvalue weighted by Gasteiger charge is 2.69. The lowest BCUT2D eigenvalue weighted by Crippen LogP contribution is -2.65. The fraction of sp³-hybridized carbons (Fsp3) is 0.900. The minimum Gasteiger partial charge on any atom is -0.481 e. The number of aliphatic hydroxyl groups is 2. The van der Waals surface area contributed by atoms with Gasteiger partial charge in [-0.1, -0.05) is 60.1 Å². The predicted molar refractivity (Wildman–Crippen MR) is 134 cm³/mol. The molecular weight excluding hydrogens is 424 g/mol. The maximum atomic E-state index is 12.2. The van der Waals surface area contributed by atoms with Gasteiger partial charge in [0.05, 0.1) is 18.1 Å². The Kier molecular flexibility index (Phi) is 5.36. The summed E-state index contributed by atoms with van der Waals surface area (Å²) in [5.41, 5.74) is 1.57. The van der Waals surface area contributed by atoms with E-state index in [0.29, 0.717) is 18.3 Å². The normalized spacial score (nSPS) is 56.3. The Balaban J connectivity index is 1.60. The average molecular weight is 473 g/mol. The summed E-state index contributed by atoms with van der Waals surface area (Å²) >= 11 is 0. The summed E-state index contributed by atoms with van der Waals surface area (Å²) in [6.07, 6.45) is 9.55. The first-order valence-corrected chi connectivity index (χ1v) is 13.9.